The van der Waals surface area contributed by atoms with Gasteiger partial charge in [-0.05, 0) is 24.3 Å². The molecule has 26 heavy (non-hydrogen) atoms. The van der Waals surface area contributed by atoms with Gasteiger partial charge in [-0.1, -0.05) is 17.9 Å². The van der Waals surface area contributed by atoms with Crippen molar-refractivity contribution in [2.75, 3.05) is 12.4 Å². The summed E-state index contributed by atoms with van der Waals surface area (Å²) < 4.78 is 5.26. The first-order valence-corrected chi connectivity index (χ1v) is 7.68. The molecule has 0 unspecified atom stereocenters. The van der Waals surface area contributed by atoms with Crippen LogP contribution in [-0.4, -0.2) is 29.1 Å². The molecular weight excluding hydrogens is 343 g/mol. The van der Waals surface area contributed by atoms with Crippen LogP contribution in [0.1, 0.15) is 31.1 Å². The second-order valence-electron chi connectivity index (χ2n) is 5.40. The molecule has 1 aliphatic heterocycles. The number of aromatic nitrogens is 1. The molecule has 0 spiro atoms. The largest absolute Gasteiger partial charge is 1.00 e. The third-order valence-corrected chi connectivity index (χ3v) is 3.76. The molecule has 3 N–H and O–H groups in total. The molecule has 6 nitrogen and oxygen atoms in total. The smallest absolute Gasteiger partial charge is 1.00 e. The van der Waals surface area contributed by atoms with Crippen LogP contribution in [0.5, 0.6) is 5.75 Å². The quantitative estimate of drug-likeness (QED) is 0.402. The van der Waals surface area contributed by atoms with Crippen molar-refractivity contribution in [3.63, 3.8) is 0 Å². The van der Waals surface area contributed by atoms with Gasteiger partial charge in [-0.2, -0.15) is 0 Å². The summed E-state index contributed by atoms with van der Waals surface area (Å²) in [5.41, 5.74) is 3.25. The van der Waals surface area contributed by atoms with Gasteiger partial charge < -0.3 is 21.6 Å². The molecule has 1 aromatic carbocycles. The molecule has 1 aromatic heterocycles. The van der Waals surface area contributed by atoms with Crippen LogP contribution in [-0.2, 0) is 9.59 Å². The Bertz CT molecular complexity index is 941. The maximum Gasteiger partial charge on any atom is 1.00 e. The Balaban J connectivity index is 0.00000182. The topological polar surface area (TPSA) is 91.4 Å². The van der Waals surface area contributed by atoms with E-state index in [1.807, 2.05) is 12.1 Å². The number of methoxy groups -OCH3 is 1. The van der Waals surface area contributed by atoms with Crippen LogP contribution < -0.4 is 39.6 Å². The number of carbonyl (C=O) groups is 2. The fourth-order valence-corrected chi connectivity index (χ4v) is 2.62. The SMILES string of the molecule is COc1cc[nH]c1/C=C1\C(=O)Nc2cccc(C#CCCC(=O)O)c21.[H-].[Na+]. The number of H-pyrrole nitrogens is 1. The van der Waals surface area contributed by atoms with Crippen molar-refractivity contribution in [2.45, 2.75) is 12.8 Å². The zero-order valence-electron chi connectivity index (χ0n) is 15.6. The number of ether oxygens (including phenoxy) is 1. The van der Waals surface area contributed by atoms with E-state index in [-0.39, 0.29) is 49.7 Å². The minimum atomic E-state index is -0.885. The average Bonchev–Trinajstić information content (AvgIpc) is 3.16. The van der Waals surface area contributed by atoms with Gasteiger partial charge in [-0.25, -0.2) is 0 Å². The van der Waals surface area contributed by atoms with Gasteiger partial charge in [0.15, 0.2) is 0 Å². The van der Waals surface area contributed by atoms with Crippen LogP contribution in [0.25, 0.3) is 11.6 Å². The van der Waals surface area contributed by atoms with Crippen molar-refractivity contribution in [2.24, 2.45) is 0 Å². The van der Waals surface area contributed by atoms with E-state index in [9.17, 15) is 9.59 Å². The zero-order chi connectivity index (χ0) is 17.8. The molecule has 0 atom stereocenters. The maximum absolute atomic E-state index is 12.4. The second-order valence-corrected chi connectivity index (χ2v) is 5.40. The van der Waals surface area contributed by atoms with Crippen LogP contribution >= 0.6 is 0 Å². The average molecular weight is 360 g/mol. The van der Waals surface area contributed by atoms with Gasteiger partial charge in [0.1, 0.15) is 5.75 Å². The Hall–Kier alpha value is -2.46. The summed E-state index contributed by atoms with van der Waals surface area (Å²) in [4.78, 5) is 26.0. The molecule has 0 radical (unpaired) electrons. The van der Waals surface area contributed by atoms with Crippen molar-refractivity contribution < 1.29 is 50.4 Å². The van der Waals surface area contributed by atoms with E-state index in [0.717, 1.165) is 0 Å². The fraction of sp³-hybridized carbons (Fsp3) is 0.158. The van der Waals surface area contributed by atoms with E-state index >= 15 is 0 Å². The number of anilines is 1. The van der Waals surface area contributed by atoms with Crippen molar-refractivity contribution >= 4 is 29.2 Å². The van der Waals surface area contributed by atoms with Crippen molar-refractivity contribution in [3.05, 3.63) is 47.3 Å². The molecule has 2 heterocycles. The van der Waals surface area contributed by atoms with Crippen molar-refractivity contribution in [1.29, 1.82) is 0 Å². The van der Waals surface area contributed by atoms with Crippen LogP contribution in [0.15, 0.2) is 30.5 Å². The summed E-state index contributed by atoms with van der Waals surface area (Å²) >= 11 is 0. The van der Waals surface area contributed by atoms with E-state index in [4.69, 9.17) is 9.84 Å². The summed E-state index contributed by atoms with van der Waals surface area (Å²) in [7, 11) is 1.56. The van der Waals surface area contributed by atoms with Crippen LogP contribution in [0.4, 0.5) is 5.69 Å². The Kier molecular flexibility index (Phi) is 6.70. The molecule has 2 aromatic rings. The van der Waals surface area contributed by atoms with E-state index in [0.29, 0.717) is 33.8 Å². The Morgan fingerprint density at radius 1 is 1.38 bits per heavy atom. The molecule has 0 bridgehead atoms. The predicted octanol–water partition coefficient (Wildman–Crippen LogP) is -0.151. The van der Waals surface area contributed by atoms with Gasteiger partial charge in [0.05, 0.1) is 30.5 Å². The molecule has 3 rings (SSSR count). The van der Waals surface area contributed by atoms with E-state index < -0.39 is 5.97 Å². The summed E-state index contributed by atoms with van der Waals surface area (Å²) in [6.45, 7) is 0. The monoisotopic (exact) mass is 360 g/mol. The number of carbonyl (C=O) groups excluding carboxylic acids is 1. The number of carboxylic acids is 1. The summed E-state index contributed by atoms with van der Waals surface area (Å²) in [6.07, 6.45) is 3.70. The van der Waals surface area contributed by atoms with E-state index in [1.165, 1.54) is 0 Å². The zero-order valence-corrected chi connectivity index (χ0v) is 16.6. The number of benzene rings is 1. The van der Waals surface area contributed by atoms with Crippen LogP contribution in [0, 0.1) is 11.8 Å². The first-order valence-electron chi connectivity index (χ1n) is 7.68. The first kappa shape index (κ1) is 19.9. The maximum atomic E-state index is 12.4. The Labute approximate surface area is 174 Å². The summed E-state index contributed by atoms with van der Waals surface area (Å²) in [5.74, 6) is 5.36. The first-order chi connectivity index (χ1) is 12.1. The molecule has 0 fully saturated rings. The van der Waals surface area contributed by atoms with Gasteiger partial charge in [0.2, 0.25) is 0 Å². The summed E-state index contributed by atoms with van der Waals surface area (Å²) in [5, 5.41) is 11.5. The van der Waals surface area contributed by atoms with Crippen LogP contribution in [0.3, 0.4) is 0 Å². The van der Waals surface area contributed by atoms with Crippen LogP contribution in [0.2, 0.25) is 0 Å². The molecule has 7 heteroatoms. The number of hydrogen-bond donors (Lipinski definition) is 3. The van der Waals surface area contributed by atoms with Gasteiger partial charge >= 0.3 is 35.5 Å². The minimum Gasteiger partial charge on any atom is -1.00 e. The number of rotatable bonds is 4. The molecule has 1 aliphatic rings. The standard InChI is InChI=1S/C19H16N2O4.Na.H/c1-25-16-9-10-20-15(16)11-13-18-12(5-2-3-8-17(22)23)6-4-7-14(18)21-19(13)24;;/h4,6-7,9-11,20H,3,8H2,1H3,(H,21,24)(H,22,23);;/q;+1;-1/b13-11-;;. The third kappa shape index (κ3) is 4.20. The number of aliphatic carboxylic acids is 1. The van der Waals surface area contributed by atoms with Gasteiger partial charge in [-0.15, -0.1) is 0 Å². The molecule has 0 saturated heterocycles. The minimum absolute atomic E-state index is 0. The fourth-order valence-electron chi connectivity index (χ4n) is 2.62. The third-order valence-electron chi connectivity index (χ3n) is 3.76. The molecule has 0 saturated carbocycles. The predicted molar refractivity (Wildman–Crippen MR) is 95.1 cm³/mol. The van der Waals surface area contributed by atoms with E-state index in [2.05, 4.69) is 22.1 Å². The number of nitrogens with one attached hydrogen (secondary N) is 2. The number of carboxylic acid groups (broad SMARTS) is 1. The molecule has 1 amide bonds. The Morgan fingerprint density at radius 2 is 2.19 bits per heavy atom. The second kappa shape index (κ2) is 8.77. The number of aromatic amines is 1. The van der Waals surface area contributed by atoms with Crippen molar-refractivity contribution in [1.82, 2.24) is 4.98 Å². The number of fused-ring (bicyclic) bond motifs is 1. The summed E-state index contributed by atoms with van der Waals surface area (Å²) in [6, 6.07) is 7.20. The Morgan fingerprint density at radius 3 is 2.92 bits per heavy atom. The van der Waals surface area contributed by atoms with Gasteiger partial charge in [0.25, 0.3) is 5.91 Å². The number of hydrogen-bond acceptors (Lipinski definition) is 3. The molecule has 0 aliphatic carbocycles. The molecule has 128 valence electrons. The number of amides is 1. The normalized spacial score (nSPS) is 13.3. The van der Waals surface area contributed by atoms with E-state index in [1.54, 1.807) is 31.5 Å². The van der Waals surface area contributed by atoms with Gasteiger partial charge in [-0.3, -0.25) is 9.59 Å². The van der Waals surface area contributed by atoms with Gasteiger partial charge in [0, 0.05) is 23.7 Å². The molecular formula is C19H17N2NaO4. The van der Waals surface area contributed by atoms with Crippen molar-refractivity contribution in [3.8, 4) is 17.6 Å².